The molecule has 0 amide bonds. The van der Waals surface area contributed by atoms with Gasteiger partial charge in [-0.05, 0) is 19.5 Å². The Bertz CT molecular complexity index is 220. The Hall–Kier alpha value is 0.367. The van der Waals surface area contributed by atoms with Gasteiger partial charge in [-0.25, -0.2) is 0 Å². The maximum absolute atomic E-state index is 5.67. The van der Waals surface area contributed by atoms with Crippen LogP contribution in [0.3, 0.4) is 0 Å². The van der Waals surface area contributed by atoms with E-state index in [1.807, 2.05) is 0 Å². The number of ether oxygens (including phenoxy) is 1. The molecule has 1 unspecified atom stereocenters. The molecule has 0 saturated carbocycles. The third-order valence-electron chi connectivity index (χ3n) is 3.38. The van der Waals surface area contributed by atoms with Gasteiger partial charge in [-0.1, -0.05) is 13.8 Å². The molecule has 122 valence electrons. The molecule has 20 heavy (non-hydrogen) atoms. The van der Waals surface area contributed by atoms with Crippen molar-refractivity contribution in [1.82, 2.24) is 4.90 Å². The van der Waals surface area contributed by atoms with Crippen LogP contribution in [0.5, 0.6) is 0 Å². The van der Waals surface area contributed by atoms with Gasteiger partial charge in [0, 0.05) is 45.8 Å². The van der Waals surface area contributed by atoms with E-state index in [-0.39, 0.29) is 5.25 Å². The summed E-state index contributed by atoms with van der Waals surface area (Å²) >= 11 is 4.56. The first kappa shape index (κ1) is 20.4. The van der Waals surface area contributed by atoms with Crippen molar-refractivity contribution in [2.24, 2.45) is 0 Å². The summed E-state index contributed by atoms with van der Waals surface area (Å²) in [6.45, 7) is 8.74. The highest BCUT2D eigenvalue weighted by Gasteiger charge is 2.36. The molecule has 0 saturated heterocycles. The van der Waals surface area contributed by atoms with Gasteiger partial charge in [0.2, 0.25) is 0 Å². The topological polar surface area (TPSA) is 40.2 Å². The zero-order valence-corrected chi connectivity index (χ0v) is 15.4. The second kappa shape index (κ2) is 12.0. The summed E-state index contributed by atoms with van der Waals surface area (Å²) < 4.78 is 21.8. The molecule has 0 spiro atoms. The molecule has 0 fully saturated rings. The molecule has 0 aliphatic heterocycles. The quantitative estimate of drug-likeness (QED) is 0.318. The zero-order chi connectivity index (χ0) is 15.4. The van der Waals surface area contributed by atoms with Crippen LogP contribution in [0.4, 0.5) is 0 Å². The molecule has 0 N–H and O–H groups in total. The second-order valence-electron chi connectivity index (χ2n) is 4.61. The van der Waals surface area contributed by atoms with Gasteiger partial charge in [0.15, 0.2) is 0 Å². The molecule has 0 aromatic carbocycles. The molecule has 0 aromatic heterocycles. The minimum absolute atomic E-state index is 0.254. The van der Waals surface area contributed by atoms with Crippen molar-refractivity contribution < 1.29 is 18.0 Å². The molecule has 0 rings (SSSR count). The maximum Gasteiger partial charge on any atom is 0.500 e. The Morgan fingerprint density at radius 2 is 1.60 bits per heavy atom. The van der Waals surface area contributed by atoms with Crippen LogP contribution in [0.1, 0.15) is 20.3 Å². The van der Waals surface area contributed by atoms with Crippen LogP contribution in [0.25, 0.3) is 0 Å². The lowest BCUT2D eigenvalue weighted by molar-refractivity contribution is 0.105. The summed E-state index contributed by atoms with van der Waals surface area (Å²) in [7, 11) is 2.46. The fourth-order valence-electron chi connectivity index (χ4n) is 2.00. The molecule has 0 bridgehead atoms. The van der Waals surface area contributed by atoms with Crippen LogP contribution >= 0.6 is 12.6 Å². The van der Waals surface area contributed by atoms with Gasteiger partial charge in [-0.15, -0.1) is 0 Å². The number of hydrogen-bond donors (Lipinski definition) is 1. The summed E-state index contributed by atoms with van der Waals surface area (Å²) in [4.78, 5) is 2.35. The fraction of sp³-hybridized carbons (Fsp3) is 1.00. The SMILES string of the molecule is CCN(CC)CC(S)COCCC[Si](OC)(OC)OC. The monoisotopic (exact) mass is 325 g/mol. The Morgan fingerprint density at radius 3 is 2.05 bits per heavy atom. The summed E-state index contributed by atoms with van der Waals surface area (Å²) in [5.41, 5.74) is 0. The molecular formula is C13H31NO4SSi. The van der Waals surface area contributed by atoms with E-state index in [0.717, 1.165) is 32.1 Å². The molecule has 0 radical (unpaired) electrons. The lowest BCUT2D eigenvalue weighted by Crippen LogP contribution is -2.42. The van der Waals surface area contributed by atoms with Crippen molar-refractivity contribution in [1.29, 1.82) is 0 Å². The predicted molar refractivity (Wildman–Crippen MR) is 87.6 cm³/mol. The predicted octanol–water partition coefficient (Wildman–Crippen LogP) is 1.91. The van der Waals surface area contributed by atoms with Gasteiger partial charge in [-0.2, -0.15) is 12.6 Å². The summed E-state index contributed by atoms with van der Waals surface area (Å²) in [6.07, 6.45) is 0.869. The van der Waals surface area contributed by atoms with Crippen molar-refractivity contribution in [2.75, 3.05) is 54.2 Å². The maximum atomic E-state index is 5.67. The van der Waals surface area contributed by atoms with Crippen molar-refractivity contribution in [3.8, 4) is 0 Å². The number of rotatable bonds is 13. The lowest BCUT2D eigenvalue weighted by Gasteiger charge is -2.24. The number of hydrogen-bond acceptors (Lipinski definition) is 6. The van der Waals surface area contributed by atoms with Gasteiger partial charge in [0.25, 0.3) is 0 Å². The van der Waals surface area contributed by atoms with E-state index in [4.69, 9.17) is 18.0 Å². The molecular weight excluding hydrogens is 294 g/mol. The average molecular weight is 326 g/mol. The normalized spacial score (nSPS) is 13.9. The number of thiol groups is 1. The third kappa shape index (κ3) is 7.97. The van der Waals surface area contributed by atoms with Gasteiger partial charge < -0.3 is 22.9 Å². The highest BCUT2D eigenvalue weighted by atomic mass is 32.1. The third-order valence-corrected chi connectivity index (χ3v) is 6.52. The molecule has 1 atom stereocenters. The van der Waals surface area contributed by atoms with E-state index in [0.29, 0.717) is 13.2 Å². The smallest absolute Gasteiger partial charge is 0.380 e. The van der Waals surface area contributed by atoms with Crippen LogP contribution in [0.15, 0.2) is 0 Å². The van der Waals surface area contributed by atoms with E-state index in [2.05, 4.69) is 31.4 Å². The van der Waals surface area contributed by atoms with Crippen LogP contribution < -0.4 is 0 Å². The van der Waals surface area contributed by atoms with Gasteiger partial charge in [-0.3, -0.25) is 0 Å². The molecule has 0 aromatic rings. The highest BCUT2D eigenvalue weighted by Crippen LogP contribution is 2.15. The largest absolute Gasteiger partial charge is 0.500 e. The summed E-state index contributed by atoms with van der Waals surface area (Å²) in [6, 6.07) is 0.768. The van der Waals surface area contributed by atoms with E-state index in [1.165, 1.54) is 0 Å². The standard InChI is InChI=1S/C13H31NO4SSi/c1-6-14(7-2)11-13(19)12-18-9-8-10-20(15-3,16-4)17-5/h13,19H,6-12H2,1-5H3. The second-order valence-corrected chi connectivity index (χ2v) is 8.43. The molecule has 0 aliphatic carbocycles. The first-order valence-electron chi connectivity index (χ1n) is 7.21. The summed E-state index contributed by atoms with van der Waals surface area (Å²) in [5.74, 6) is 0. The average Bonchev–Trinajstić information content (AvgIpc) is 2.49. The number of nitrogens with zero attached hydrogens (tertiary/aromatic N) is 1. The Labute approximate surface area is 130 Å². The van der Waals surface area contributed by atoms with E-state index >= 15 is 0 Å². The molecule has 0 heterocycles. The Balaban J connectivity index is 3.75. The van der Waals surface area contributed by atoms with E-state index < -0.39 is 8.80 Å². The van der Waals surface area contributed by atoms with Crippen LogP contribution in [0, 0.1) is 0 Å². The Kier molecular flexibility index (Phi) is 12.2. The van der Waals surface area contributed by atoms with Crippen molar-refractivity contribution in [3.63, 3.8) is 0 Å². The first-order valence-corrected chi connectivity index (χ1v) is 9.65. The zero-order valence-electron chi connectivity index (χ0n) is 13.6. The lowest BCUT2D eigenvalue weighted by atomic mass is 10.4. The van der Waals surface area contributed by atoms with Crippen LogP contribution in [-0.4, -0.2) is 73.1 Å². The molecule has 7 heteroatoms. The van der Waals surface area contributed by atoms with Gasteiger partial charge in [0.05, 0.1) is 6.61 Å². The molecule has 5 nitrogen and oxygen atoms in total. The summed E-state index contributed by atoms with van der Waals surface area (Å²) in [5, 5.41) is 0.254. The Morgan fingerprint density at radius 1 is 1.05 bits per heavy atom. The van der Waals surface area contributed by atoms with E-state index in [1.54, 1.807) is 21.3 Å². The van der Waals surface area contributed by atoms with Gasteiger partial charge in [0.1, 0.15) is 0 Å². The van der Waals surface area contributed by atoms with Crippen molar-refractivity contribution >= 4 is 21.4 Å². The highest BCUT2D eigenvalue weighted by molar-refractivity contribution is 7.81. The molecule has 0 aliphatic rings. The van der Waals surface area contributed by atoms with Gasteiger partial charge >= 0.3 is 8.80 Å². The first-order chi connectivity index (χ1) is 9.57. The minimum Gasteiger partial charge on any atom is -0.380 e. The van der Waals surface area contributed by atoms with Crippen molar-refractivity contribution in [3.05, 3.63) is 0 Å². The van der Waals surface area contributed by atoms with E-state index in [9.17, 15) is 0 Å². The fourth-order valence-corrected chi connectivity index (χ4v) is 4.02. The van der Waals surface area contributed by atoms with Crippen LogP contribution in [0.2, 0.25) is 6.04 Å². The van der Waals surface area contributed by atoms with Crippen LogP contribution in [-0.2, 0) is 18.0 Å². The van der Waals surface area contributed by atoms with Crippen molar-refractivity contribution in [2.45, 2.75) is 31.6 Å². The minimum atomic E-state index is -2.44.